The molecule has 0 radical (unpaired) electrons. The molecule has 0 saturated heterocycles. The molecular weight excluding hydrogens is 208 g/mol. The van der Waals surface area contributed by atoms with Crippen molar-refractivity contribution < 1.29 is 9.53 Å². The third kappa shape index (κ3) is 4.40. The molecular formula is C8H15BrO2. The molecule has 0 aliphatic rings. The van der Waals surface area contributed by atoms with Crippen molar-refractivity contribution in [3.8, 4) is 0 Å². The predicted molar refractivity (Wildman–Crippen MR) is 48.8 cm³/mol. The number of hydrogen-bond acceptors (Lipinski definition) is 2. The summed E-state index contributed by atoms with van der Waals surface area (Å²) in [5, 5.41) is 0.865. The van der Waals surface area contributed by atoms with E-state index < -0.39 is 0 Å². The van der Waals surface area contributed by atoms with Gasteiger partial charge in [-0.2, -0.15) is 0 Å². The van der Waals surface area contributed by atoms with Crippen LogP contribution in [0.1, 0.15) is 26.7 Å². The molecule has 3 heteroatoms. The minimum absolute atomic E-state index is 0.0607. The predicted octanol–water partition coefficient (Wildman–Crippen LogP) is 2.36. The van der Waals surface area contributed by atoms with Crippen LogP contribution in [0.4, 0.5) is 0 Å². The fraction of sp³-hybridized carbons (Fsp3) is 0.875. The third-order valence-corrected chi connectivity index (χ3v) is 2.03. The van der Waals surface area contributed by atoms with Crippen LogP contribution < -0.4 is 0 Å². The van der Waals surface area contributed by atoms with Crippen LogP contribution in [0.2, 0.25) is 0 Å². The first-order valence-electron chi connectivity index (χ1n) is 3.98. The van der Waals surface area contributed by atoms with Gasteiger partial charge in [-0.3, -0.25) is 4.79 Å². The van der Waals surface area contributed by atoms with Gasteiger partial charge >= 0.3 is 5.97 Å². The molecule has 0 N–H and O–H groups in total. The van der Waals surface area contributed by atoms with Crippen molar-refractivity contribution in [2.75, 3.05) is 11.9 Å². The number of carbonyl (C=O) groups is 1. The van der Waals surface area contributed by atoms with E-state index in [9.17, 15) is 4.79 Å². The summed E-state index contributed by atoms with van der Waals surface area (Å²) >= 11 is 3.30. The fourth-order valence-corrected chi connectivity index (χ4v) is 1.43. The largest absolute Gasteiger partial charge is 0.466 e. The molecule has 1 unspecified atom stereocenters. The highest BCUT2D eigenvalue weighted by atomic mass is 79.9. The van der Waals surface area contributed by atoms with Crippen LogP contribution >= 0.6 is 15.9 Å². The van der Waals surface area contributed by atoms with Crippen LogP contribution in [-0.2, 0) is 9.53 Å². The van der Waals surface area contributed by atoms with Crippen LogP contribution in [0.25, 0.3) is 0 Å². The van der Waals surface area contributed by atoms with E-state index in [1.807, 2.05) is 13.8 Å². The Kier molecular flexibility index (Phi) is 6.62. The summed E-state index contributed by atoms with van der Waals surface area (Å²) in [6.07, 6.45) is 1.74. The number of esters is 1. The maximum absolute atomic E-state index is 11.1. The van der Waals surface area contributed by atoms with Crippen molar-refractivity contribution >= 4 is 21.9 Å². The Morgan fingerprint density at radius 3 is 2.55 bits per heavy atom. The van der Waals surface area contributed by atoms with Gasteiger partial charge in [0.2, 0.25) is 0 Å². The third-order valence-electron chi connectivity index (χ3n) is 1.57. The maximum Gasteiger partial charge on any atom is 0.308 e. The van der Waals surface area contributed by atoms with Crippen molar-refractivity contribution in [3.63, 3.8) is 0 Å². The van der Waals surface area contributed by atoms with Gasteiger partial charge in [0.05, 0.1) is 12.5 Å². The van der Waals surface area contributed by atoms with Gasteiger partial charge < -0.3 is 4.74 Å². The molecule has 0 aromatic heterocycles. The van der Waals surface area contributed by atoms with Gasteiger partial charge in [-0.05, 0) is 19.8 Å². The maximum atomic E-state index is 11.1. The molecule has 1 atom stereocenters. The van der Waals surface area contributed by atoms with Crippen molar-refractivity contribution in [2.45, 2.75) is 26.7 Å². The Labute approximate surface area is 76.4 Å². The van der Waals surface area contributed by atoms with Gasteiger partial charge in [0.1, 0.15) is 0 Å². The van der Waals surface area contributed by atoms with E-state index >= 15 is 0 Å². The second-order valence-electron chi connectivity index (χ2n) is 2.33. The summed E-state index contributed by atoms with van der Waals surface area (Å²) in [5.41, 5.74) is 0. The van der Waals surface area contributed by atoms with Gasteiger partial charge in [0.15, 0.2) is 0 Å². The first kappa shape index (κ1) is 11.0. The highest BCUT2D eigenvalue weighted by Crippen LogP contribution is 2.11. The van der Waals surface area contributed by atoms with Crippen molar-refractivity contribution in [2.24, 2.45) is 5.92 Å². The molecule has 0 bridgehead atoms. The lowest BCUT2D eigenvalue weighted by atomic mass is 10.0. The van der Waals surface area contributed by atoms with E-state index in [1.54, 1.807) is 0 Å². The van der Waals surface area contributed by atoms with Crippen LogP contribution in [0, 0.1) is 5.92 Å². The molecule has 2 nitrogen and oxygen atoms in total. The smallest absolute Gasteiger partial charge is 0.308 e. The summed E-state index contributed by atoms with van der Waals surface area (Å²) in [6, 6.07) is 0. The second kappa shape index (κ2) is 6.65. The molecule has 66 valence electrons. The average molecular weight is 223 g/mol. The molecule has 0 rings (SSSR count). The topological polar surface area (TPSA) is 26.3 Å². The number of rotatable bonds is 5. The van der Waals surface area contributed by atoms with Crippen LogP contribution in [0.5, 0.6) is 0 Å². The quantitative estimate of drug-likeness (QED) is 0.528. The van der Waals surface area contributed by atoms with E-state index in [-0.39, 0.29) is 11.9 Å². The highest BCUT2D eigenvalue weighted by molar-refractivity contribution is 9.09. The monoisotopic (exact) mass is 222 g/mol. The second-order valence-corrected chi connectivity index (χ2v) is 3.13. The number of ether oxygens (including phenoxy) is 1. The van der Waals surface area contributed by atoms with E-state index in [1.165, 1.54) is 0 Å². The molecule has 0 amide bonds. The summed E-state index contributed by atoms with van der Waals surface area (Å²) in [4.78, 5) is 11.1. The Morgan fingerprint density at radius 1 is 1.55 bits per heavy atom. The van der Waals surface area contributed by atoms with Crippen molar-refractivity contribution in [3.05, 3.63) is 0 Å². The van der Waals surface area contributed by atoms with E-state index in [0.29, 0.717) is 6.61 Å². The average Bonchev–Trinajstić information content (AvgIpc) is 2.00. The van der Waals surface area contributed by atoms with Crippen LogP contribution in [0.3, 0.4) is 0 Å². The lowest BCUT2D eigenvalue weighted by Gasteiger charge is -2.10. The van der Waals surface area contributed by atoms with Gasteiger partial charge in [0, 0.05) is 5.33 Å². The van der Waals surface area contributed by atoms with Crippen molar-refractivity contribution in [1.82, 2.24) is 0 Å². The van der Waals surface area contributed by atoms with Crippen molar-refractivity contribution in [1.29, 1.82) is 0 Å². The molecule has 0 aliphatic carbocycles. The molecule has 0 aromatic carbocycles. The van der Waals surface area contributed by atoms with Gasteiger partial charge in [-0.25, -0.2) is 0 Å². The zero-order valence-electron chi connectivity index (χ0n) is 7.10. The summed E-state index contributed by atoms with van der Waals surface area (Å²) < 4.78 is 4.89. The highest BCUT2D eigenvalue weighted by Gasteiger charge is 2.15. The molecule has 0 aromatic rings. The molecule has 0 heterocycles. The van der Waals surface area contributed by atoms with Gasteiger partial charge in [-0.1, -0.05) is 22.9 Å². The van der Waals surface area contributed by atoms with Crippen LogP contribution in [-0.4, -0.2) is 17.9 Å². The van der Waals surface area contributed by atoms with E-state index in [2.05, 4.69) is 15.9 Å². The summed E-state index contributed by atoms with van der Waals surface area (Å²) in [6.45, 7) is 4.32. The number of hydrogen-bond donors (Lipinski definition) is 0. The molecule has 0 spiro atoms. The molecule has 0 fully saturated rings. The Bertz CT molecular complexity index is 115. The number of alkyl halides is 1. The number of carbonyl (C=O) groups excluding carboxylic acids is 1. The molecule has 0 aliphatic heterocycles. The lowest BCUT2D eigenvalue weighted by molar-refractivity contribution is -0.148. The first-order valence-corrected chi connectivity index (χ1v) is 5.11. The number of halogens is 1. The van der Waals surface area contributed by atoms with E-state index in [4.69, 9.17) is 4.74 Å². The first-order chi connectivity index (χ1) is 5.26. The standard InChI is InChI=1S/C8H15BrO2/c1-3-7(5-6-9)8(10)11-4-2/h7H,3-6H2,1-2H3. The van der Waals surface area contributed by atoms with Crippen LogP contribution in [0.15, 0.2) is 0 Å². The van der Waals surface area contributed by atoms with Gasteiger partial charge in [0.25, 0.3) is 0 Å². The van der Waals surface area contributed by atoms with E-state index in [0.717, 1.165) is 18.2 Å². The SMILES string of the molecule is CCOC(=O)C(CC)CCBr. The zero-order valence-corrected chi connectivity index (χ0v) is 8.69. The Morgan fingerprint density at radius 2 is 2.18 bits per heavy atom. The zero-order chi connectivity index (χ0) is 8.69. The fourth-order valence-electron chi connectivity index (χ4n) is 0.880. The minimum atomic E-state index is -0.0607. The lowest BCUT2D eigenvalue weighted by Crippen LogP contribution is -2.17. The molecule has 11 heavy (non-hydrogen) atoms. The Hall–Kier alpha value is -0.0500. The summed E-state index contributed by atoms with van der Waals surface area (Å²) in [5.74, 6) is 0.0174. The van der Waals surface area contributed by atoms with Gasteiger partial charge in [-0.15, -0.1) is 0 Å². The molecule has 0 saturated carbocycles. The Balaban J connectivity index is 3.71. The normalized spacial score (nSPS) is 12.6. The minimum Gasteiger partial charge on any atom is -0.466 e. The summed E-state index contributed by atoms with van der Waals surface area (Å²) in [7, 11) is 0.